The molecule has 8 heteroatoms. The number of nitro benzene ring substituents is 1. The second-order valence-corrected chi connectivity index (χ2v) is 2.88. The van der Waals surface area contributed by atoms with Crippen molar-refractivity contribution < 1.29 is 27.6 Å². The Morgan fingerprint density at radius 3 is 2.38 bits per heavy atom. The Bertz CT molecular complexity index is 418. The minimum absolute atomic E-state index is 0.639. The Labute approximate surface area is 86.3 Å². The van der Waals surface area contributed by atoms with Crippen LogP contribution in [0.5, 0.6) is 0 Å². The largest absolute Gasteiger partial charge is 0.418 e. The van der Waals surface area contributed by atoms with E-state index in [1.165, 1.54) is 0 Å². The van der Waals surface area contributed by atoms with Crippen molar-refractivity contribution >= 4 is 5.69 Å². The van der Waals surface area contributed by atoms with Gasteiger partial charge in [-0.1, -0.05) is 12.1 Å². The molecule has 0 aliphatic rings. The van der Waals surface area contributed by atoms with E-state index in [9.17, 15) is 27.7 Å². The number of hydrogen-bond donors (Lipinski definition) is 1. The van der Waals surface area contributed by atoms with E-state index in [4.69, 9.17) is 5.11 Å². The number of benzene rings is 1. The maximum atomic E-state index is 13.2. The van der Waals surface area contributed by atoms with Crippen LogP contribution in [0.2, 0.25) is 0 Å². The Morgan fingerprint density at radius 1 is 1.38 bits per heavy atom. The van der Waals surface area contributed by atoms with Crippen LogP contribution in [0.1, 0.15) is 11.7 Å². The van der Waals surface area contributed by atoms with Crippen LogP contribution in [0.15, 0.2) is 18.2 Å². The van der Waals surface area contributed by atoms with Gasteiger partial charge in [0.15, 0.2) is 6.10 Å². The quantitative estimate of drug-likeness (QED) is 0.489. The first-order valence-corrected chi connectivity index (χ1v) is 3.92. The maximum absolute atomic E-state index is 13.2. The van der Waals surface area contributed by atoms with Crippen molar-refractivity contribution in [1.29, 1.82) is 0 Å². The molecule has 1 atom stereocenters. The Kier molecular flexibility index (Phi) is 3.13. The van der Waals surface area contributed by atoms with Gasteiger partial charge in [0.05, 0.1) is 4.92 Å². The van der Waals surface area contributed by atoms with Crippen molar-refractivity contribution in [3.63, 3.8) is 0 Å². The lowest BCUT2D eigenvalue weighted by molar-refractivity contribution is -0.387. The monoisotopic (exact) mass is 239 g/mol. The Hall–Kier alpha value is -1.70. The van der Waals surface area contributed by atoms with Gasteiger partial charge in [-0.2, -0.15) is 17.6 Å². The van der Waals surface area contributed by atoms with E-state index in [1.807, 2.05) is 0 Å². The van der Waals surface area contributed by atoms with Gasteiger partial charge >= 0.3 is 11.9 Å². The summed E-state index contributed by atoms with van der Waals surface area (Å²) in [5.41, 5.74) is -2.28. The molecule has 16 heavy (non-hydrogen) atoms. The second kappa shape index (κ2) is 4.05. The van der Waals surface area contributed by atoms with Crippen LogP contribution >= 0.6 is 0 Å². The van der Waals surface area contributed by atoms with Crippen LogP contribution in [0.3, 0.4) is 0 Å². The summed E-state index contributed by atoms with van der Waals surface area (Å²) in [6.07, 6.45) is -8.15. The van der Waals surface area contributed by atoms with E-state index >= 15 is 0 Å². The molecule has 1 N–H and O–H groups in total. The summed E-state index contributed by atoms with van der Waals surface area (Å²) in [6, 6.07) is 2.22. The highest BCUT2D eigenvalue weighted by Gasteiger charge is 2.42. The predicted molar refractivity (Wildman–Crippen MR) is 44.1 cm³/mol. The number of hydrogen-bond acceptors (Lipinski definition) is 3. The van der Waals surface area contributed by atoms with E-state index in [0.29, 0.717) is 12.1 Å². The van der Waals surface area contributed by atoms with Crippen LogP contribution in [-0.4, -0.2) is 16.2 Å². The highest BCUT2D eigenvalue weighted by molar-refractivity contribution is 5.38. The molecule has 0 saturated heterocycles. The molecule has 0 bridgehead atoms. The number of alkyl halides is 3. The third-order valence-corrected chi connectivity index (χ3v) is 1.81. The van der Waals surface area contributed by atoms with Crippen LogP contribution in [-0.2, 0) is 0 Å². The molecule has 0 fully saturated rings. The molecule has 0 unspecified atom stereocenters. The molecule has 0 spiro atoms. The summed E-state index contributed by atoms with van der Waals surface area (Å²) in [6.45, 7) is 0. The van der Waals surface area contributed by atoms with Crippen molar-refractivity contribution in [2.24, 2.45) is 0 Å². The smallest absolute Gasteiger partial charge is 0.379 e. The van der Waals surface area contributed by atoms with Crippen molar-refractivity contribution in [3.8, 4) is 0 Å². The van der Waals surface area contributed by atoms with E-state index in [0.717, 1.165) is 6.07 Å². The van der Waals surface area contributed by atoms with Crippen LogP contribution < -0.4 is 0 Å². The first-order chi connectivity index (χ1) is 7.25. The van der Waals surface area contributed by atoms with E-state index in [-0.39, 0.29) is 0 Å². The van der Waals surface area contributed by atoms with Crippen LogP contribution in [0, 0.1) is 15.9 Å². The van der Waals surface area contributed by atoms with Gasteiger partial charge in [-0.25, -0.2) is 0 Å². The molecule has 1 rings (SSSR count). The second-order valence-electron chi connectivity index (χ2n) is 2.88. The van der Waals surface area contributed by atoms with E-state index in [1.54, 1.807) is 0 Å². The predicted octanol–water partition coefficient (Wildman–Crippen LogP) is 2.33. The molecule has 0 saturated carbocycles. The lowest BCUT2D eigenvalue weighted by Gasteiger charge is -2.14. The molecule has 88 valence electrons. The minimum Gasteiger partial charge on any atom is -0.379 e. The average molecular weight is 239 g/mol. The third kappa shape index (κ3) is 2.27. The molecule has 0 amide bonds. The minimum atomic E-state index is -5.07. The van der Waals surface area contributed by atoms with Gasteiger partial charge in [0.2, 0.25) is 5.82 Å². The maximum Gasteiger partial charge on any atom is 0.418 e. The Balaban J connectivity index is 3.26. The lowest BCUT2D eigenvalue weighted by atomic mass is 10.1. The van der Waals surface area contributed by atoms with Crippen molar-refractivity contribution in [3.05, 3.63) is 39.7 Å². The van der Waals surface area contributed by atoms with Crippen molar-refractivity contribution in [2.45, 2.75) is 12.3 Å². The van der Waals surface area contributed by atoms with E-state index in [2.05, 4.69) is 0 Å². The summed E-state index contributed by atoms with van der Waals surface area (Å²) < 4.78 is 49.4. The third-order valence-electron chi connectivity index (χ3n) is 1.81. The number of nitrogens with zero attached hydrogens (tertiary/aromatic N) is 1. The van der Waals surface area contributed by atoms with Crippen LogP contribution in [0.25, 0.3) is 0 Å². The average Bonchev–Trinajstić information content (AvgIpc) is 2.15. The number of nitro groups is 1. The zero-order chi connectivity index (χ0) is 12.5. The van der Waals surface area contributed by atoms with Gasteiger partial charge in [-0.3, -0.25) is 10.1 Å². The number of aliphatic hydroxyl groups is 1. The summed E-state index contributed by atoms with van der Waals surface area (Å²) >= 11 is 0. The van der Waals surface area contributed by atoms with Gasteiger partial charge in [-0.15, -0.1) is 0 Å². The summed E-state index contributed by atoms with van der Waals surface area (Å²) in [5.74, 6) is -1.68. The highest BCUT2D eigenvalue weighted by atomic mass is 19.4. The molecule has 0 heterocycles. The fourth-order valence-corrected chi connectivity index (χ4v) is 1.07. The molecule has 0 aliphatic carbocycles. The molecule has 1 aromatic rings. The number of halogens is 4. The summed E-state index contributed by atoms with van der Waals surface area (Å²) in [4.78, 5) is 9.08. The first kappa shape index (κ1) is 12.4. The van der Waals surface area contributed by atoms with Crippen molar-refractivity contribution in [1.82, 2.24) is 0 Å². The van der Waals surface area contributed by atoms with Gasteiger partial charge in [-0.05, 0) is 0 Å². The normalized spacial score (nSPS) is 13.6. The molecular weight excluding hydrogens is 234 g/mol. The van der Waals surface area contributed by atoms with Gasteiger partial charge in [0.1, 0.15) is 0 Å². The summed E-state index contributed by atoms with van der Waals surface area (Å²) in [5, 5.41) is 19.0. The van der Waals surface area contributed by atoms with Crippen molar-refractivity contribution in [2.75, 3.05) is 0 Å². The standard InChI is InChI=1S/C8H5F4NO3/c9-6-4(7(14)8(10,11)12)2-1-3-5(6)13(15)16/h1-3,7,14H/t7-/m0/s1. The fraction of sp³-hybridized carbons (Fsp3) is 0.250. The summed E-state index contributed by atoms with van der Waals surface area (Å²) in [7, 11) is 0. The van der Waals surface area contributed by atoms with Gasteiger partial charge in [0, 0.05) is 11.6 Å². The zero-order valence-electron chi connectivity index (χ0n) is 7.53. The first-order valence-electron chi connectivity index (χ1n) is 3.92. The molecule has 0 aliphatic heterocycles. The molecule has 0 radical (unpaired) electrons. The van der Waals surface area contributed by atoms with Gasteiger partial charge < -0.3 is 5.11 Å². The number of rotatable bonds is 2. The zero-order valence-corrected chi connectivity index (χ0v) is 7.53. The molecule has 1 aromatic carbocycles. The van der Waals surface area contributed by atoms with Crippen LogP contribution in [0.4, 0.5) is 23.2 Å². The molecule has 4 nitrogen and oxygen atoms in total. The van der Waals surface area contributed by atoms with E-state index < -0.39 is 34.3 Å². The number of aliphatic hydroxyl groups excluding tert-OH is 1. The lowest BCUT2D eigenvalue weighted by Crippen LogP contribution is -2.21. The molecular formula is C8H5F4NO3. The molecule has 0 aromatic heterocycles. The topological polar surface area (TPSA) is 63.4 Å². The fourth-order valence-electron chi connectivity index (χ4n) is 1.07. The highest BCUT2D eigenvalue weighted by Crippen LogP contribution is 2.35. The Morgan fingerprint density at radius 2 is 1.94 bits per heavy atom. The SMILES string of the molecule is O=[N+]([O-])c1cccc([C@H](O)C(F)(F)F)c1F. The van der Waals surface area contributed by atoms with Gasteiger partial charge in [0.25, 0.3) is 0 Å².